The monoisotopic (exact) mass is 387 g/mol. The van der Waals surface area contributed by atoms with Crippen LogP contribution in [0, 0.1) is 0 Å². The molecule has 1 N–H and O–H groups in total. The molecule has 2 nitrogen and oxygen atoms in total. The second-order valence-corrected chi connectivity index (χ2v) is 6.45. The predicted octanol–water partition coefficient (Wildman–Crippen LogP) is 4.97. The lowest BCUT2D eigenvalue weighted by atomic mass is 10.1. The zero-order valence-electron chi connectivity index (χ0n) is 11.6. The Morgan fingerprint density at radius 1 is 1.19 bits per heavy atom. The predicted molar refractivity (Wildman–Crippen MR) is 92.7 cm³/mol. The number of ether oxygens (including phenoxy) is 1. The molecule has 5 heteroatoms. The lowest BCUT2D eigenvalue weighted by Gasteiger charge is -2.18. The van der Waals surface area contributed by atoms with Crippen molar-refractivity contribution in [2.24, 2.45) is 0 Å². The zero-order valence-corrected chi connectivity index (χ0v) is 14.7. The molecule has 0 saturated carbocycles. The van der Waals surface area contributed by atoms with Crippen LogP contribution in [0.3, 0.4) is 0 Å². The van der Waals surface area contributed by atoms with Crippen LogP contribution in [-0.4, -0.2) is 19.7 Å². The van der Waals surface area contributed by atoms with Crippen LogP contribution in [0.2, 0.25) is 10.0 Å². The van der Waals surface area contributed by atoms with E-state index in [9.17, 15) is 0 Å². The summed E-state index contributed by atoms with van der Waals surface area (Å²) in [6.45, 7) is 0.545. The van der Waals surface area contributed by atoms with Crippen LogP contribution in [0.25, 0.3) is 0 Å². The Balaban J connectivity index is 1.97. The van der Waals surface area contributed by atoms with Crippen molar-refractivity contribution in [2.45, 2.75) is 12.5 Å². The van der Waals surface area contributed by atoms with E-state index >= 15 is 0 Å². The number of benzene rings is 2. The molecule has 0 saturated heterocycles. The Hall–Kier alpha value is -0.740. The molecule has 0 aliphatic heterocycles. The summed E-state index contributed by atoms with van der Waals surface area (Å²) in [5, 5.41) is 4.68. The van der Waals surface area contributed by atoms with E-state index in [1.54, 1.807) is 6.07 Å². The van der Waals surface area contributed by atoms with Crippen LogP contribution in [0.1, 0.15) is 5.56 Å². The average molecular weight is 389 g/mol. The fraction of sp³-hybridized carbons (Fsp3) is 0.250. The van der Waals surface area contributed by atoms with Gasteiger partial charge in [0.05, 0.1) is 0 Å². The molecule has 2 rings (SSSR count). The largest absolute Gasteiger partial charge is 0.492 e. The third kappa shape index (κ3) is 5.19. The quantitative estimate of drug-likeness (QED) is 0.754. The second kappa shape index (κ2) is 8.04. The summed E-state index contributed by atoms with van der Waals surface area (Å²) in [6.07, 6.45) is 0.795. The van der Waals surface area contributed by atoms with Gasteiger partial charge in [0.2, 0.25) is 0 Å². The van der Waals surface area contributed by atoms with Gasteiger partial charge in [0.25, 0.3) is 0 Å². The van der Waals surface area contributed by atoms with Crippen LogP contribution in [0.5, 0.6) is 5.75 Å². The van der Waals surface area contributed by atoms with Crippen molar-refractivity contribution in [3.63, 3.8) is 0 Å². The third-order valence-corrected chi connectivity index (χ3v) is 4.22. The van der Waals surface area contributed by atoms with E-state index in [0.29, 0.717) is 11.6 Å². The fourth-order valence-corrected chi connectivity index (χ4v) is 2.88. The summed E-state index contributed by atoms with van der Waals surface area (Å²) >= 11 is 15.6. The Bertz CT molecular complexity index is 607. The van der Waals surface area contributed by atoms with Gasteiger partial charge in [-0.15, -0.1) is 0 Å². The van der Waals surface area contributed by atoms with Gasteiger partial charge in [0.1, 0.15) is 12.4 Å². The Kier molecular flexibility index (Phi) is 6.37. The summed E-state index contributed by atoms with van der Waals surface area (Å²) in [5.41, 5.74) is 1.09. The van der Waals surface area contributed by atoms with Crippen LogP contribution in [-0.2, 0) is 6.42 Å². The summed E-state index contributed by atoms with van der Waals surface area (Å²) in [5.74, 6) is 0.768. The van der Waals surface area contributed by atoms with Crippen molar-refractivity contribution in [3.8, 4) is 5.75 Å². The van der Waals surface area contributed by atoms with Crippen molar-refractivity contribution < 1.29 is 4.74 Å². The maximum atomic E-state index is 6.25. The molecule has 2 aromatic carbocycles. The molecule has 0 aliphatic carbocycles. The molecule has 0 spiro atoms. The maximum absolute atomic E-state index is 6.25. The normalized spacial score (nSPS) is 12.2. The second-order valence-electron chi connectivity index (χ2n) is 4.69. The molecule has 0 heterocycles. The van der Waals surface area contributed by atoms with Crippen molar-refractivity contribution in [1.29, 1.82) is 0 Å². The third-order valence-electron chi connectivity index (χ3n) is 3.14. The standard InChI is InChI=1S/C16H16BrCl2NO/c1-20-14(7-11-5-6-12(17)8-16(11)19)10-21-15-4-2-3-13(18)9-15/h2-6,8-9,14,20H,7,10H2,1H3. The Morgan fingerprint density at radius 3 is 2.67 bits per heavy atom. The molecule has 112 valence electrons. The van der Waals surface area contributed by atoms with Crippen molar-refractivity contribution in [1.82, 2.24) is 5.32 Å². The van der Waals surface area contributed by atoms with Crippen molar-refractivity contribution >= 4 is 39.1 Å². The van der Waals surface area contributed by atoms with Crippen LogP contribution >= 0.6 is 39.1 Å². The number of hydrogen-bond donors (Lipinski definition) is 1. The highest BCUT2D eigenvalue weighted by Gasteiger charge is 2.11. The average Bonchev–Trinajstić information content (AvgIpc) is 2.45. The molecule has 0 bridgehead atoms. The number of hydrogen-bond acceptors (Lipinski definition) is 2. The molecule has 21 heavy (non-hydrogen) atoms. The fourth-order valence-electron chi connectivity index (χ4n) is 1.95. The van der Waals surface area contributed by atoms with Crippen LogP contribution in [0.15, 0.2) is 46.9 Å². The minimum Gasteiger partial charge on any atom is -0.492 e. The molecule has 1 unspecified atom stereocenters. The van der Waals surface area contributed by atoms with Crippen molar-refractivity contribution in [3.05, 3.63) is 62.5 Å². The van der Waals surface area contributed by atoms with Gasteiger partial charge in [-0.2, -0.15) is 0 Å². The SMILES string of the molecule is CNC(COc1cccc(Cl)c1)Cc1ccc(Br)cc1Cl. The summed E-state index contributed by atoms with van der Waals surface area (Å²) in [4.78, 5) is 0. The lowest BCUT2D eigenvalue weighted by molar-refractivity contribution is 0.270. The van der Waals surface area contributed by atoms with E-state index in [1.807, 2.05) is 43.4 Å². The van der Waals surface area contributed by atoms with E-state index in [4.69, 9.17) is 27.9 Å². The summed E-state index contributed by atoms with van der Waals surface area (Å²) in [7, 11) is 1.92. The van der Waals surface area contributed by atoms with E-state index in [0.717, 1.165) is 27.2 Å². The highest BCUT2D eigenvalue weighted by atomic mass is 79.9. The van der Waals surface area contributed by atoms with Gasteiger partial charge in [-0.1, -0.05) is 51.3 Å². The first-order valence-corrected chi connectivity index (χ1v) is 8.13. The van der Waals surface area contributed by atoms with E-state index in [1.165, 1.54) is 0 Å². The maximum Gasteiger partial charge on any atom is 0.120 e. The van der Waals surface area contributed by atoms with Gasteiger partial charge >= 0.3 is 0 Å². The highest BCUT2D eigenvalue weighted by molar-refractivity contribution is 9.10. The number of nitrogens with one attached hydrogen (secondary N) is 1. The van der Waals surface area contributed by atoms with E-state index in [-0.39, 0.29) is 6.04 Å². The highest BCUT2D eigenvalue weighted by Crippen LogP contribution is 2.23. The van der Waals surface area contributed by atoms with Gasteiger partial charge in [0.15, 0.2) is 0 Å². The Morgan fingerprint density at radius 2 is 2.00 bits per heavy atom. The molecule has 1 atom stereocenters. The number of likely N-dealkylation sites (N-methyl/N-ethyl adjacent to an activating group) is 1. The van der Waals surface area contributed by atoms with Gasteiger partial charge in [-0.3, -0.25) is 0 Å². The van der Waals surface area contributed by atoms with Gasteiger partial charge in [0, 0.05) is 20.6 Å². The van der Waals surface area contributed by atoms with Gasteiger partial charge in [-0.05, 0) is 49.4 Å². The molecule has 2 aromatic rings. The molecule has 0 radical (unpaired) electrons. The molecule has 0 fully saturated rings. The minimum absolute atomic E-state index is 0.169. The first-order chi connectivity index (χ1) is 10.1. The summed E-state index contributed by atoms with van der Waals surface area (Å²) < 4.78 is 6.76. The van der Waals surface area contributed by atoms with Gasteiger partial charge in [-0.25, -0.2) is 0 Å². The minimum atomic E-state index is 0.169. The molecular weight excluding hydrogens is 373 g/mol. The van der Waals surface area contributed by atoms with Crippen LogP contribution < -0.4 is 10.1 Å². The smallest absolute Gasteiger partial charge is 0.120 e. The Labute approximate surface area is 143 Å². The molecule has 0 aromatic heterocycles. The molecule has 0 amide bonds. The first-order valence-electron chi connectivity index (χ1n) is 6.58. The lowest BCUT2D eigenvalue weighted by Crippen LogP contribution is -2.33. The zero-order chi connectivity index (χ0) is 15.2. The summed E-state index contributed by atoms with van der Waals surface area (Å²) in [6, 6.07) is 13.5. The molecular formula is C16H16BrCl2NO. The molecule has 0 aliphatic rings. The topological polar surface area (TPSA) is 21.3 Å². The van der Waals surface area contributed by atoms with E-state index in [2.05, 4.69) is 21.2 Å². The van der Waals surface area contributed by atoms with E-state index < -0.39 is 0 Å². The van der Waals surface area contributed by atoms with Gasteiger partial charge < -0.3 is 10.1 Å². The number of rotatable bonds is 6. The van der Waals surface area contributed by atoms with Crippen LogP contribution in [0.4, 0.5) is 0 Å². The number of halogens is 3. The first kappa shape index (κ1) is 16.6. The van der Waals surface area contributed by atoms with Crippen molar-refractivity contribution in [2.75, 3.05) is 13.7 Å².